The highest BCUT2D eigenvalue weighted by atomic mass is 16.6. The lowest BCUT2D eigenvalue weighted by atomic mass is 9.74. The van der Waals surface area contributed by atoms with E-state index in [9.17, 15) is 19.2 Å². The lowest BCUT2D eigenvalue weighted by molar-refractivity contribution is -0.123. The van der Waals surface area contributed by atoms with Gasteiger partial charge in [0.15, 0.2) is 0 Å². The van der Waals surface area contributed by atoms with Gasteiger partial charge in [0.2, 0.25) is 0 Å². The Labute approximate surface area is 167 Å². The van der Waals surface area contributed by atoms with Gasteiger partial charge in [-0.2, -0.15) is 0 Å². The molecule has 0 fully saturated rings. The highest BCUT2D eigenvalue weighted by Gasteiger charge is 2.48. The van der Waals surface area contributed by atoms with Gasteiger partial charge in [-0.25, -0.2) is 14.4 Å². The first-order chi connectivity index (χ1) is 13.6. The SMILES string of the molecule is Cc1cc(C2(C)CC(C)(C)c3cc4c(cc32)C(=O)OC4=O)ccc1C(=O)OC=O. The quantitative estimate of drug-likeness (QED) is 0.451. The molecule has 6 nitrogen and oxygen atoms in total. The van der Waals surface area contributed by atoms with E-state index in [0.717, 1.165) is 23.1 Å². The van der Waals surface area contributed by atoms with E-state index in [1.165, 1.54) is 0 Å². The van der Waals surface area contributed by atoms with Crippen LogP contribution in [0.25, 0.3) is 0 Å². The molecule has 4 rings (SSSR count). The minimum absolute atomic E-state index is 0.119. The number of rotatable bonds is 3. The maximum atomic E-state index is 12.1. The summed E-state index contributed by atoms with van der Waals surface area (Å²) in [5, 5.41) is 0. The average Bonchev–Trinajstić information content (AvgIpc) is 3.04. The second-order valence-electron chi connectivity index (χ2n) is 8.54. The predicted molar refractivity (Wildman–Crippen MR) is 103 cm³/mol. The van der Waals surface area contributed by atoms with Crippen LogP contribution in [0.15, 0.2) is 30.3 Å². The summed E-state index contributed by atoms with van der Waals surface area (Å²) in [4.78, 5) is 46.5. The van der Waals surface area contributed by atoms with E-state index in [0.29, 0.717) is 22.3 Å². The summed E-state index contributed by atoms with van der Waals surface area (Å²) >= 11 is 0. The van der Waals surface area contributed by atoms with Gasteiger partial charge in [-0.3, -0.25) is 4.79 Å². The van der Waals surface area contributed by atoms with E-state index in [1.54, 1.807) is 25.1 Å². The molecule has 1 unspecified atom stereocenters. The van der Waals surface area contributed by atoms with Crippen LogP contribution in [0.2, 0.25) is 0 Å². The van der Waals surface area contributed by atoms with Gasteiger partial charge in [-0.15, -0.1) is 0 Å². The van der Waals surface area contributed by atoms with Crippen molar-refractivity contribution in [2.75, 3.05) is 0 Å². The second-order valence-corrected chi connectivity index (χ2v) is 8.54. The van der Waals surface area contributed by atoms with E-state index in [4.69, 9.17) is 4.74 Å². The molecule has 1 atom stereocenters. The lowest BCUT2D eigenvalue weighted by Gasteiger charge is -2.29. The van der Waals surface area contributed by atoms with Crippen molar-refractivity contribution in [3.05, 3.63) is 69.3 Å². The Morgan fingerprint density at radius 1 is 1.03 bits per heavy atom. The summed E-state index contributed by atoms with van der Waals surface area (Å²) in [6.07, 6.45) is 0.763. The number of esters is 3. The zero-order valence-corrected chi connectivity index (χ0v) is 16.6. The fourth-order valence-corrected chi connectivity index (χ4v) is 4.82. The Kier molecular flexibility index (Phi) is 4.01. The van der Waals surface area contributed by atoms with Gasteiger partial charge < -0.3 is 9.47 Å². The molecular formula is C23H20O6. The molecule has 1 aliphatic carbocycles. The maximum Gasteiger partial charge on any atom is 0.346 e. The van der Waals surface area contributed by atoms with E-state index in [2.05, 4.69) is 25.5 Å². The van der Waals surface area contributed by atoms with E-state index >= 15 is 0 Å². The Morgan fingerprint density at radius 3 is 2.24 bits per heavy atom. The van der Waals surface area contributed by atoms with Crippen LogP contribution in [0, 0.1) is 6.92 Å². The standard InChI is InChI=1S/C23H20O6/c1-12-7-13(5-6-14(12)19(25)28-11-24)23(4)10-22(2,3)17-8-15-16(9-18(17)23)21(27)29-20(15)26/h5-9,11H,10H2,1-4H3. The van der Waals surface area contributed by atoms with Crippen LogP contribution in [0.1, 0.15) is 80.5 Å². The van der Waals surface area contributed by atoms with Crippen LogP contribution in [-0.4, -0.2) is 24.4 Å². The van der Waals surface area contributed by atoms with Crippen molar-refractivity contribution in [3.8, 4) is 0 Å². The zero-order chi connectivity index (χ0) is 21.1. The molecule has 1 aliphatic heterocycles. The monoisotopic (exact) mass is 392 g/mol. The molecule has 0 spiro atoms. The highest BCUT2D eigenvalue weighted by Crippen LogP contribution is 2.54. The van der Waals surface area contributed by atoms with Crippen LogP contribution in [0.4, 0.5) is 0 Å². The third kappa shape index (κ3) is 2.70. The first kappa shape index (κ1) is 19.1. The average molecular weight is 392 g/mol. The number of benzene rings is 2. The van der Waals surface area contributed by atoms with Crippen LogP contribution < -0.4 is 0 Å². The zero-order valence-electron chi connectivity index (χ0n) is 16.6. The predicted octanol–water partition coefficient (Wildman–Crippen LogP) is 3.61. The smallest absolute Gasteiger partial charge is 0.346 e. The van der Waals surface area contributed by atoms with Gasteiger partial charge >= 0.3 is 24.4 Å². The number of cyclic esters (lactones) is 2. The van der Waals surface area contributed by atoms with Gasteiger partial charge in [-0.1, -0.05) is 32.9 Å². The third-order valence-corrected chi connectivity index (χ3v) is 6.14. The minimum Gasteiger partial charge on any atom is -0.392 e. The molecule has 0 bridgehead atoms. The fourth-order valence-electron chi connectivity index (χ4n) is 4.82. The minimum atomic E-state index is -0.694. The highest BCUT2D eigenvalue weighted by molar-refractivity contribution is 6.15. The second kappa shape index (κ2) is 6.11. The summed E-state index contributed by atoms with van der Waals surface area (Å²) in [5.41, 5.74) is 3.91. The number of carbonyl (C=O) groups excluding carboxylic acids is 4. The summed E-state index contributed by atoms with van der Waals surface area (Å²) in [7, 11) is 0. The summed E-state index contributed by atoms with van der Waals surface area (Å²) in [6.45, 7) is 8.21. The van der Waals surface area contributed by atoms with Gasteiger partial charge in [0, 0.05) is 5.41 Å². The van der Waals surface area contributed by atoms with Gasteiger partial charge in [0.25, 0.3) is 0 Å². The number of aryl methyl sites for hydroxylation is 1. The molecular weight excluding hydrogens is 372 g/mol. The largest absolute Gasteiger partial charge is 0.392 e. The van der Waals surface area contributed by atoms with Crippen LogP contribution in [0.5, 0.6) is 0 Å². The topological polar surface area (TPSA) is 86.7 Å². The Balaban J connectivity index is 1.87. The molecule has 6 heteroatoms. The molecule has 0 aromatic heterocycles. The van der Waals surface area contributed by atoms with Crippen molar-refractivity contribution < 1.29 is 28.7 Å². The summed E-state index contributed by atoms with van der Waals surface area (Å²) in [5.74, 6) is -1.92. The Bertz CT molecular complexity index is 1110. The molecule has 2 aromatic rings. The number of carbonyl (C=O) groups is 4. The third-order valence-electron chi connectivity index (χ3n) is 6.14. The normalized spacial score (nSPS) is 21.4. The molecule has 0 saturated heterocycles. The molecule has 29 heavy (non-hydrogen) atoms. The number of fused-ring (bicyclic) bond motifs is 2. The van der Waals surface area contributed by atoms with Crippen molar-refractivity contribution >= 4 is 24.4 Å². The lowest BCUT2D eigenvalue weighted by Crippen LogP contribution is -2.24. The van der Waals surface area contributed by atoms with Gasteiger partial charge in [0.05, 0.1) is 16.7 Å². The van der Waals surface area contributed by atoms with Gasteiger partial charge in [0.1, 0.15) is 0 Å². The van der Waals surface area contributed by atoms with Crippen molar-refractivity contribution in [2.24, 2.45) is 0 Å². The Hall–Kier alpha value is -3.28. The molecule has 0 N–H and O–H groups in total. The van der Waals surface area contributed by atoms with Crippen LogP contribution in [0.3, 0.4) is 0 Å². The molecule has 0 radical (unpaired) electrons. The fraction of sp³-hybridized carbons (Fsp3) is 0.304. The molecule has 1 heterocycles. The van der Waals surface area contributed by atoms with Crippen molar-refractivity contribution in [1.82, 2.24) is 0 Å². The summed E-state index contributed by atoms with van der Waals surface area (Å²) < 4.78 is 9.24. The molecule has 2 aromatic carbocycles. The van der Waals surface area contributed by atoms with Crippen molar-refractivity contribution in [3.63, 3.8) is 0 Å². The Morgan fingerprint density at radius 2 is 1.66 bits per heavy atom. The van der Waals surface area contributed by atoms with E-state index in [1.807, 2.05) is 12.1 Å². The molecule has 0 amide bonds. The molecule has 148 valence electrons. The first-order valence-corrected chi connectivity index (χ1v) is 9.30. The van der Waals surface area contributed by atoms with E-state index in [-0.39, 0.29) is 11.9 Å². The number of hydrogen-bond donors (Lipinski definition) is 0. The molecule has 0 saturated carbocycles. The van der Waals surface area contributed by atoms with Crippen LogP contribution in [-0.2, 0) is 25.1 Å². The number of hydrogen-bond acceptors (Lipinski definition) is 6. The van der Waals surface area contributed by atoms with Crippen molar-refractivity contribution in [1.29, 1.82) is 0 Å². The van der Waals surface area contributed by atoms with Gasteiger partial charge in [-0.05, 0) is 59.2 Å². The van der Waals surface area contributed by atoms with E-state index < -0.39 is 23.3 Å². The number of ether oxygens (including phenoxy) is 2. The first-order valence-electron chi connectivity index (χ1n) is 9.30. The summed E-state index contributed by atoms with van der Waals surface area (Å²) in [6, 6.07) is 8.96. The van der Waals surface area contributed by atoms with Crippen molar-refractivity contribution in [2.45, 2.75) is 44.9 Å². The molecule has 2 aliphatic rings. The maximum absolute atomic E-state index is 12.1. The van der Waals surface area contributed by atoms with Crippen LogP contribution >= 0.6 is 0 Å².